The molecule has 1 aliphatic heterocycles. The van der Waals surface area contributed by atoms with Crippen LogP contribution in [0.15, 0.2) is 60.9 Å². The summed E-state index contributed by atoms with van der Waals surface area (Å²) in [5.41, 5.74) is 1.50. The van der Waals surface area contributed by atoms with E-state index >= 15 is 0 Å². The summed E-state index contributed by atoms with van der Waals surface area (Å²) in [7, 11) is 0. The molecular formula is C26H30N4O3. The molecule has 1 fully saturated rings. The molecule has 7 heteroatoms. The van der Waals surface area contributed by atoms with Crippen molar-refractivity contribution < 1.29 is 14.3 Å². The van der Waals surface area contributed by atoms with Crippen LogP contribution < -0.4 is 19.7 Å². The summed E-state index contributed by atoms with van der Waals surface area (Å²) >= 11 is 0. The molecule has 0 bridgehead atoms. The molecule has 1 aromatic heterocycles. The molecule has 1 saturated heterocycles. The van der Waals surface area contributed by atoms with Crippen LogP contribution in [0.5, 0.6) is 17.4 Å². The summed E-state index contributed by atoms with van der Waals surface area (Å²) in [5, 5.41) is 2.95. The van der Waals surface area contributed by atoms with Crippen molar-refractivity contribution in [2.75, 3.05) is 24.6 Å². The van der Waals surface area contributed by atoms with Crippen molar-refractivity contribution in [2.45, 2.75) is 33.2 Å². The first-order valence-electron chi connectivity index (χ1n) is 11.5. The predicted octanol–water partition coefficient (Wildman–Crippen LogP) is 4.83. The Labute approximate surface area is 194 Å². The standard InChI is InChI=1S/C26H30N4O3/c1-3-32-23-7-5-4-6-21(23)18-29-25(31)20-8-10-22(11-9-20)33-26-24(27-14-15-28-26)30-16-12-19(2)13-17-30/h4-11,14-15,19H,3,12-13,16-18H2,1-2H3,(H,29,31). The van der Waals surface area contributed by atoms with Gasteiger partial charge in [-0.15, -0.1) is 0 Å². The second kappa shape index (κ2) is 10.8. The fraction of sp³-hybridized carbons (Fsp3) is 0.346. The quantitative estimate of drug-likeness (QED) is 0.534. The van der Waals surface area contributed by atoms with Gasteiger partial charge in [-0.05, 0) is 56.0 Å². The van der Waals surface area contributed by atoms with E-state index < -0.39 is 0 Å². The van der Waals surface area contributed by atoms with Crippen LogP contribution in [0.3, 0.4) is 0 Å². The minimum Gasteiger partial charge on any atom is -0.494 e. The van der Waals surface area contributed by atoms with Gasteiger partial charge in [0.05, 0.1) is 6.61 Å². The highest BCUT2D eigenvalue weighted by Gasteiger charge is 2.21. The predicted molar refractivity (Wildman–Crippen MR) is 128 cm³/mol. The van der Waals surface area contributed by atoms with E-state index in [4.69, 9.17) is 9.47 Å². The lowest BCUT2D eigenvalue weighted by atomic mass is 9.99. The molecule has 1 N–H and O–H groups in total. The molecule has 7 nitrogen and oxygen atoms in total. The first-order chi connectivity index (χ1) is 16.1. The van der Waals surface area contributed by atoms with Crippen molar-refractivity contribution in [1.29, 1.82) is 0 Å². The number of carbonyl (C=O) groups excluding carboxylic acids is 1. The smallest absolute Gasteiger partial charge is 0.263 e. The number of hydrogen-bond acceptors (Lipinski definition) is 6. The number of hydrogen-bond donors (Lipinski definition) is 1. The Morgan fingerprint density at radius 3 is 2.55 bits per heavy atom. The van der Waals surface area contributed by atoms with E-state index in [0.29, 0.717) is 30.3 Å². The first-order valence-corrected chi connectivity index (χ1v) is 11.5. The Hall–Kier alpha value is -3.61. The third kappa shape index (κ3) is 5.80. The number of benzene rings is 2. The van der Waals surface area contributed by atoms with Crippen LogP contribution in [-0.4, -0.2) is 35.6 Å². The van der Waals surface area contributed by atoms with E-state index in [-0.39, 0.29) is 5.91 Å². The van der Waals surface area contributed by atoms with Gasteiger partial charge in [0.2, 0.25) is 0 Å². The van der Waals surface area contributed by atoms with E-state index in [1.165, 1.54) is 0 Å². The van der Waals surface area contributed by atoms with Crippen LogP contribution in [0.1, 0.15) is 42.6 Å². The Balaban J connectivity index is 1.39. The SMILES string of the molecule is CCOc1ccccc1CNC(=O)c1ccc(Oc2nccnc2N2CCC(C)CC2)cc1. The zero-order valence-electron chi connectivity index (χ0n) is 19.2. The molecule has 0 aliphatic carbocycles. The van der Waals surface area contributed by atoms with Gasteiger partial charge in [-0.3, -0.25) is 4.79 Å². The molecule has 0 radical (unpaired) electrons. The normalized spacial score (nSPS) is 14.1. The minimum absolute atomic E-state index is 0.157. The lowest BCUT2D eigenvalue weighted by molar-refractivity contribution is 0.0950. The molecule has 1 aliphatic rings. The van der Waals surface area contributed by atoms with E-state index in [9.17, 15) is 4.79 Å². The number of piperidine rings is 1. The molecule has 4 rings (SSSR count). The fourth-order valence-electron chi connectivity index (χ4n) is 3.84. The molecule has 3 aromatic rings. The van der Waals surface area contributed by atoms with Crippen LogP contribution in [0.25, 0.3) is 0 Å². The third-order valence-corrected chi connectivity index (χ3v) is 5.77. The lowest BCUT2D eigenvalue weighted by Gasteiger charge is -2.31. The Bertz CT molecular complexity index is 1060. The summed E-state index contributed by atoms with van der Waals surface area (Å²) in [5.74, 6) is 3.22. The number of aromatic nitrogens is 2. The maximum Gasteiger partial charge on any atom is 0.263 e. The average molecular weight is 447 g/mol. The molecule has 2 aromatic carbocycles. The van der Waals surface area contributed by atoms with Crippen molar-refractivity contribution in [3.05, 3.63) is 72.1 Å². The van der Waals surface area contributed by atoms with Crippen LogP contribution >= 0.6 is 0 Å². The average Bonchev–Trinajstić information content (AvgIpc) is 2.85. The number of para-hydroxylation sites is 1. The maximum absolute atomic E-state index is 12.6. The van der Waals surface area contributed by atoms with Gasteiger partial charge < -0.3 is 19.7 Å². The molecule has 33 heavy (non-hydrogen) atoms. The van der Waals surface area contributed by atoms with Crippen molar-refractivity contribution in [3.8, 4) is 17.4 Å². The number of rotatable bonds is 8. The highest BCUT2D eigenvalue weighted by atomic mass is 16.5. The molecule has 0 saturated carbocycles. The van der Waals surface area contributed by atoms with Crippen molar-refractivity contribution in [1.82, 2.24) is 15.3 Å². The number of nitrogens with one attached hydrogen (secondary N) is 1. The number of ether oxygens (including phenoxy) is 2. The molecule has 2 heterocycles. The molecule has 172 valence electrons. The number of carbonyl (C=O) groups is 1. The highest BCUT2D eigenvalue weighted by Crippen LogP contribution is 2.31. The summed E-state index contributed by atoms with van der Waals surface area (Å²) < 4.78 is 11.7. The second-order valence-electron chi connectivity index (χ2n) is 8.20. The van der Waals surface area contributed by atoms with Gasteiger partial charge in [-0.1, -0.05) is 25.1 Å². The minimum atomic E-state index is -0.157. The molecule has 0 unspecified atom stereocenters. The van der Waals surface area contributed by atoms with E-state index in [1.54, 1.807) is 36.7 Å². The summed E-state index contributed by atoms with van der Waals surface area (Å²) in [4.78, 5) is 23.7. The van der Waals surface area contributed by atoms with E-state index in [0.717, 1.165) is 49.0 Å². The molecule has 1 amide bonds. The van der Waals surface area contributed by atoms with Gasteiger partial charge in [0.25, 0.3) is 11.8 Å². The maximum atomic E-state index is 12.6. The van der Waals surface area contributed by atoms with Crippen molar-refractivity contribution in [3.63, 3.8) is 0 Å². The Morgan fingerprint density at radius 2 is 1.79 bits per heavy atom. The molecular weight excluding hydrogens is 416 g/mol. The van der Waals surface area contributed by atoms with Crippen LogP contribution in [0, 0.1) is 5.92 Å². The van der Waals surface area contributed by atoms with Crippen LogP contribution in [0.4, 0.5) is 5.82 Å². The fourth-order valence-corrected chi connectivity index (χ4v) is 3.84. The van der Waals surface area contributed by atoms with Gasteiger partial charge >= 0.3 is 0 Å². The highest BCUT2D eigenvalue weighted by molar-refractivity contribution is 5.94. The monoisotopic (exact) mass is 446 g/mol. The number of nitrogens with zero attached hydrogens (tertiary/aromatic N) is 3. The lowest BCUT2D eigenvalue weighted by Crippen LogP contribution is -2.33. The summed E-state index contributed by atoms with van der Waals surface area (Å²) in [6.45, 7) is 7.09. The Kier molecular flexibility index (Phi) is 7.40. The van der Waals surface area contributed by atoms with E-state index in [1.807, 2.05) is 31.2 Å². The summed E-state index contributed by atoms with van der Waals surface area (Å²) in [6.07, 6.45) is 5.59. The van der Waals surface area contributed by atoms with Crippen LogP contribution in [-0.2, 0) is 6.54 Å². The van der Waals surface area contributed by atoms with Crippen LogP contribution in [0.2, 0.25) is 0 Å². The molecule has 0 spiro atoms. The zero-order chi connectivity index (χ0) is 23.0. The van der Waals surface area contributed by atoms with E-state index in [2.05, 4.69) is 27.1 Å². The van der Waals surface area contributed by atoms with Gasteiger partial charge in [0.1, 0.15) is 11.5 Å². The second-order valence-corrected chi connectivity index (χ2v) is 8.20. The third-order valence-electron chi connectivity index (χ3n) is 5.77. The Morgan fingerprint density at radius 1 is 1.06 bits per heavy atom. The van der Waals surface area contributed by atoms with Gasteiger partial charge in [0, 0.05) is 43.2 Å². The van der Waals surface area contributed by atoms with Crippen molar-refractivity contribution in [2.24, 2.45) is 5.92 Å². The number of anilines is 1. The topological polar surface area (TPSA) is 76.6 Å². The van der Waals surface area contributed by atoms with Crippen molar-refractivity contribution >= 4 is 11.7 Å². The van der Waals surface area contributed by atoms with Gasteiger partial charge in [-0.2, -0.15) is 0 Å². The molecule has 0 atom stereocenters. The first kappa shape index (κ1) is 22.6. The number of amides is 1. The largest absolute Gasteiger partial charge is 0.494 e. The van der Waals surface area contributed by atoms with Gasteiger partial charge in [-0.25, -0.2) is 9.97 Å². The summed E-state index contributed by atoms with van der Waals surface area (Å²) in [6, 6.07) is 14.8. The van der Waals surface area contributed by atoms with Gasteiger partial charge in [0.15, 0.2) is 5.82 Å². The zero-order valence-corrected chi connectivity index (χ0v) is 19.2.